The third-order valence-electron chi connectivity index (χ3n) is 4.22. The van der Waals surface area contributed by atoms with Gasteiger partial charge in [0.2, 0.25) is 5.91 Å². The van der Waals surface area contributed by atoms with E-state index in [0.717, 1.165) is 17.3 Å². The summed E-state index contributed by atoms with van der Waals surface area (Å²) in [6.07, 6.45) is 6.40. The standard InChI is InChI=1S/C17H26N2O2/c1-3-13-7-9-14(10-8-13)18-15-5-4-6-16(11-15)19-17(20)12-21-2/h4-6,11,13-14,18H,3,7-10,12H2,1-2H3,(H,19,20). The van der Waals surface area contributed by atoms with Crippen LogP contribution in [0.2, 0.25) is 0 Å². The second-order valence-electron chi connectivity index (χ2n) is 5.83. The number of anilines is 2. The Morgan fingerprint density at radius 2 is 1.95 bits per heavy atom. The van der Waals surface area contributed by atoms with Crippen LogP contribution in [0, 0.1) is 5.92 Å². The number of carbonyl (C=O) groups is 1. The first kappa shape index (κ1) is 15.8. The van der Waals surface area contributed by atoms with Crippen molar-refractivity contribution < 1.29 is 9.53 Å². The highest BCUT2D eigenvalue weighted by Crippen LogP contribution is 2.28. The summed E-state index contributed by atoms with van der Waals surface area (Å²) >= 11 is 0. The van der Waals surface area contributed by atoms with Crippen LogP contribution in [0.25, 0.3) is 0 Å². The molecule has 1 aliphatic rings. The van der Waals surface area contributed by atoms with Crippen LogP contribution in [-0.4, -0.2) is 25.7 Å². The fourth-order valence-electron chi connectivity index (χ4n) is 2.97. The van der Waals surface area contributed by atoms with Crippen LogP contribution in [0.5, 0.6) is 0 Å². The summed E-state index contributed by atoms with van der Waals surface area (Å²) in [6.45, 7) is 2.36. The number of methoxy groups -OCH3 is 1. The quantitative estimate of drug-likeness (QED) is 0.840. The molecule has 0 heterocycles. The van der Waals surface area contributed by atoms with Crippen LogP contribution >= 0.6 is 0 Å². The average molecular weight is 290 g/mol. The fraction of sp³-hybridized carbons (Fsp3) is 0.588. The molecule has 116 valence electrons. The van der Waals surface area contributed by atoms with Crippen LogP contribution in [0.1, 0.15) is 39.0 Å². The van der Waals surface area contributed by atoms with E-state index >= 15 is 0 Å². The van der Waals surface area contributed by atoms with E-state index in [9.17, 15) is 4.79 Å². The number of benzene rings is 1. The zero-order chi connectivity index (χ0) is 15.1. The number of carbonyl (C=O) groups excluding carboxylic acids is 1. The van der Waals surface area contributed by atoms with Gasteiger partial charge in [0.1, 0.15) is 6.61 Å². The van der Waals surface area contributed by atoms with Crippen molar-refractivity contribution in [2.75, 3.05) is 24.4 Å². The molecular formula is C17H26N2O2. The van der Waals surface area contributed by atoms with Crippen LogP contribution in [0.4, 0.5) is 11.4 Å². The van der Waals surface area contributed by atoms with E-state index in [-0.39, 0.29) is 12.5 Å². The third kappa shape index (κ3) is 5.05. The van der Waals surface area contributed by atoms with Crippen molar-refractivity contribution in [3.8, 4) is 0 Å². The normalized spacial score (nSPS) is 21.8. The Bertz CT molecular complexity index is 454. The Morgan fingerprint density at radius 3 is 2.62 bits per heavy atom. The van der Waals surface area contributed by atoms with E-state index in [0.29, 0.717) is 6.04 Å². The predicted octanol–water partition coefficient (Wildman–Crippen LogP) is 3.65. The highest BCUT2D eigenvalue weighted by Gasteiger charge is 2.19. The van der Waals surface area contributed by atoms with Gasteiger partial charge in [0.15, 0.2) is 0 Å². The maximum absolute atomic E-state index is 11.5. The van der Waals surface area contributed by atoms with Crippen molar-refractivity contribution in [2.24, 2.45) is 5.92 Å². The zero-order valence-electron chi connectivity index (χ0n) is 13.0. The lowest BCUT2D eigenvalue weighted by molar-refractivity contribution is -0.119. The SMILES string of the molecule is CCC1CCC(Nc2cccc(NC(=O)COC)c2)CC1. The summed E-state index contributed by atoms with van der Waals surface area (Å²) in [4.78, 5) is 11.5. The number of rotatable bonds is 6. The topological polar surface area (TPSA) is 50.4 Å². The summed E-state index contributed by atoms with van der Waals surface area (Å²) in [5.74, 6) is 0.779. The molecule has 0 aliphatic heterocycles. The van der Waals surface area contributed by atoms with Crippen LogP contribution < -0.4 is 10.6 Å². The van der Waals surface area contributed by atoms with Gasteiger partial charge < -0.3 is 15.4 Å². The Balaban J connectivity index is 1.88. The molecule has 4 nitrogen and oxygen atoms in total. The molecule has 0 saturated heterocycles. The molecule has 4 heteroatoms. The summed E-state index contributed by atoms with van der Waals surface area (Å²) < 4.78 is 4.82. The van der Waals surface area contributed by atoms with Gasteiger partial charge in [0.25, 0.3) is 0 Å². The molecule has 0 unspecified atom stereocenters. The maximum atomic E-state index is 11.5. The van der Waals surface area contributed by atoms with E-state index in [4.69, 9.17) is 4.74 Å². The van der Waals surface area contributed by atoms with E-state index in [1.54, 1.807) is 0 Å². The minimum Gasteiger partial charge on any atom is -0.382 e. The molecule has 2 N–H and O–H groups in total. The maximum Gasteiger partial charge on any atom is 0.250 e. The molecule has 0 bridgehead atoms. The Labute approximate surface area is 127 Å². The van der Waals surface area contributed by atoms with Crippen LogP contribution in [-0.2, 0) is 9.53 Å². The molecule has 0 atom stereocenters. The number of hydrogen-bond acceptors (Lipinski definition) is 3. The molecule has 1 aromatic carbocycles. The number of hydrogen-bond donors (Lipinski definition) is 2. The number of nitrogens with one attached hydrogen (secondary N) is 2. The second-order valence-corrected chi connectivity index (χ2v) is 5.83. The van der Waals surface area contributed by atoms with Crippen molar-refractivity contribution in [2.45, 2.75) is 45.1 Å². The molecule has 2 rings (SSSR count). The van der Waals surface area contributed by atoms with Crippen LogP contribution in [0.3, 0.4) is 0 Å². The Morgan fingerprint density at radius 1 is 1.24 bits per heavy atom. The van der Waals surface area contributed by atoms with Gasteiger partial charge in [-0.25, -0.2) is 0 Å². The van der Waals surface area contributed by atoms with Crippen molar-refractivity contribution in [1.82, 2.24) is 0 Å². The Hall–Kier alpha value is -1.55. The lowest BCUT2D eigenvalue weighted by atomic mass is 9.84. The molecule has 1 saturated carbocycles. The van der Waals surface area contributed by atoms with Gasteiger partial charge >= 0.3 is 0 Å². The average Bonchev–Trinajstić information content (AvgIpc) is 2.48. The third-order valence-corrected chi connectivity index (χ3v) is 4.22. The monoisotopic (exact) mass is 290 g/mol. The first-order valence-electron chi connectivity index (χ1n) is 7.86. The zero-order valence-corrected chi connectivity index (χ0v) is 13.0. The largest absolute Gasteiger partial charge is 0.382 e. The predicted molar refractivity (Wildman–Crippen MR) is 86.6 cm³/mol. The molecule has 1 aliphatic carbocycles. The van der Waals surface area contributed by atoms with E-state index in [1.165, 1.54) is 39.2 Å². The second kappa shape index (κ2) is 8.03. The summed E-state index contributed by atoms with van der Waals surface area (Å²) in [5, 5.41) is 6.42. The van der Waals surface area contributed by atoms with Gasteiger partial charge in [-0.1, -0.05) is 19.4 Å². The van der Waals surface area contributed by atoms with Crippen molar-refractivity contribution in [1.29, 1.82) is 0 Å². The van der Waals surface area contributed by atoms with Gasteiger partial charge in [0, 0.05) is 24.5 Å². The Kier molecular flexibility index (Phi) is 6.05. The fourth-order valence-corrected chi connectivity index (χ4v) is 2.97. The van der Waals surface area contributed by atoms with Crippen molar-refractivity contribution in [3.05, 3.63) is 24.3 Å². The molecule has 0 radical (unpaired) electrons. The first-order chi connectivity index (χ1) is 10.2. The molecular weight excluding hydrogens is 264 g/mol. The lowest BCUT2D eigenvalue weighted by Gasteiger charge is -2.29. The smallest absolute Gasteiger partial charge is 0.250 e. The van der Waals surface area contributed by atoms with Gasteiger partial charge in [-0.15, -0.1) is 0 Å². The van der Waals surface area contributed by atoms with Gasteiger partial charge in [-0.2, -0.15) is 0 Å². The lowest BCUT2D eigenvalue weighted by Crippen LogP contribution is -2.26. The summed E-state index contributed by atoms with van der Waals surface area (Å²) in [5.41, 5.74) is 1.88. The number of amides is 1. The molecule has 21 heavy (non-hydrogen) atoms. The minimum absolute atomic E-state index is 0.0820. The molecule has 0 aromatic heterocycles. The van der Waals surface area contributed by atoms with Gasteiger partial charge in [0.05, 0.1) is 0 Å². The molecule has 0 spiro atoms. The minimum atomic E-state index is -0.127. The molecule has 1 fully saturated rings. The first-order valence-corrected chi connectivity index (χ1v) is 7.86. The van der Waals surface area contributed by atoms with Crippen LogP contribution in [0.15, 0.2) is 24.3 Å². The van der Waals surface area contributed by atoms with E-state index < -0.39 is 0 Å². The van der Waals surface area contributed by atoms with Gasteiger partial charge in [-0.05, 0) is 49.8 Å². The highest BCUT2D eigenvalue weighted by molar-refractivity contribution is 5.92. The van der Waals surface area contributed by atoms with E-state index in [1.807, 2.05) is 18.2 Å². The molecule has 1 aromatic rings. The highest BCUT2D eigenvalue weighted by atomic mass is 16.5. The number of ether oxygens (including phenoxy) is 1. The van der Waals surface area contributed by atoms with Crippen molar-refractivity contribution in [3.63, 3.8) is 0 Å². The van der Waals surface area contributed by atoms with E-state index in [2.05, 4.69) is 23.6 Å². The van der Waals surface area contributed by atoms with Crippen molar-refractivity contribution >= 4 is 17.3 Å². The summed E-state index contributed by atoms with van der Waals surface area (Å²) in [6, 6.07) is 8.45. The van der Waals surface area contributed by atoms with Gasteiger partial charge in [-0.3, -0.25) is 4.79 Å². The summed E-state index contributed by atoms with van der Waals surface area (Å²) in [7, 11) is 1.52. The molecule has 1 amide bonds.